The first kappa shape index (κ1) is 16.6. The molecule has 7 heteroatoms. The highest BCUT2D eigenvalue weighted by atomic mass is 32.2. The largest absolute Gasteiger partial charge is 0.416 e. The Balaban J connectivity index is 2.30. The number of thioether (sulfide) groups is 1. The summed E-state index contributed by atoms with van der Waals surface area (Å²) in [6.07, 6.45) is -3.59. The van der Waals surface area contributed by atoms with Gasteiger partial charge in [0.15, 0.2) is 0 Å². The Morgan fingerprint density at radius 2 is 1.95 bits per heavy atom. The van der Waals surface area contributed by atoms with Crippen molar-refractivity contribution in [3.63, 3.8) is 0 Å². The lowest BCUT2D eigenvalue weighted by atomic mass is 10.0. The van der Waals surface area contributed by atoms with Gasteiger partial charge in [-0.3, -0.25) is 4.90 Å². The zero-order chi connectivity index (χ0) is 15.5. The maximum absolute atomic E-state index is 13.5. The number of hydrogen-bond acceptors (Lipinski definition) is 3. The maximum atomic E-state index is 13.5. The molecule has 118 valence electrons. The van der Waals surface area contributed by atoms with Gasteiger partial charge in [-0.25, -0.2) is 4.39 Å². The Bertz CT molecular complexity index is 471. The van der Waals surface area contributed by atoms with Crippen molar-refractivity contribution in [3.8, 4) is 0 Å². The van der Waals surface area contributed by atoms with Gasteiger partial charge in [0, 0.05) is 24.9 Å². The molecule has 0 saturated carbocycles. The van der Waals surface area contributed by atoms with Crippen molar-refractivity contribution in [3.05, 3.63) is 35.1 Å². The molecule has 1 unspecified atom stereocenters. The number of halogens is 4. The molecule has 1 aromatic rings. The molecule has 1 fully saturated rings. The molecular weight excluding hydrogens is 304 g/mol. The number of benzene rings is 1. The van der Waals surface area contributed by atoms with Gasteiger partial charge >= 0.3 is 6.18 Å². The molecule has 1 aliphatic heterocycles. The molecule has 1 saturated heterocycles. The van der Waals surface area contributed by atoms with Crippen LogP contribution in [0.5, 0.6) is 0 Å². The van der Waals surface area contributed by atoms with Crippen LogP contribution in [0.3, 0.4) is 0 Å². The third-order valence-electron chi connectivity index (χ3n) is 3.55. The van der Waals surface area contributed by atoms with Crippen molar-refractivity contribution in [2.45, 2.75) is 18.6 Å². The van der Waals surface area contributed by atoms with Crippen LogP contribution in [-0.2, 0) is 6.18 Å². The summed E-state index contributed by atoms with van der Waals surface area (Å²) >= 11 is 1.82. The van der Waals surface area contributed by atoms with E-state index in [9.17, 15) is 17.6 Å². The highest BCUT2D eigenvalue weighted by molar-refractivity contribution is 7.99. The van der Waals surface area contributed by atoms with Crippen molar-refractivity contribution in [2.75, 3.05) is 31.1 Å². The standard InChI is InChI=1S/C14H18F4N2S/c15-12-7-10(6-11(8-12)14(16,17)18)13(9-19)20-2-1-4-21-5-3-20/h6-8,13H,1-5,9,19H2. The summed E-state index contributed by atoms with van der Waals surface area (Å²) in [6.45, 7) is 1.70. The van der Waals surface area contributed by atoms with E-state index in [4.69, 9.17) is 5.73 Å². The van der Waals surface area contributed by atoms with Crippen LogP contribution in [0.4, 0.5) is 17.6 Å². The molecule has 21 heavy (non-hydrogen) atoms. The zero-order valence-corrected chi connectivity index (χ0v) is 12.3. The molecule has 0 aromatic heterocycles. The van der Waals surface area contributed by atoms with E-state index in [0.717, 1.165) is 43.1 Å². The van der Waals surface area contributed by atoms with Crippen molar-refractivity contribution < 1.29 is 17.6 Å². The smallest absolute Gasteiger partial charge is 0.329 e. The van der Waals surface area contributed by atoms with E-state index < -0.39 is 17.6 Å². The van der Waals surface area contributed by atoms with Gasteiger partial charge in [-0.1, -0.05) is 0 Å². The van der Waals surface area contributed by atoms with Gasteiger partial charge in [0.05, 0.1) is 5.56 Å². The molecule has 1 heterocycles. The Labute approximate surface area is 125 Å². The van der Waals surface area contributed by atoms with Gasteiger partial charge in [-0.05, 0) is 42.5 Å². The lowest BCUT2D eigenvalue weighted by Gasteiger charge is -2.30. The highest BCUT2D eigenvalue weighted by Crippen LogP contribution is 2.33. The van der Waals surface area contributed by atoms with Gasteiger partial charge in [-0.15, -0.1) is 0 Å². The van der Waals surface area contributed by atoms with Crippen LogP contribution in [0.15, 0.2) is 18.2 Å². The summed E-state index contributed by atoms with van der Waals surface area (Å²) in [6, 6.07) is 2.32. The zero-order valence-electron chi connectivity index (χ0n) is 11.5. The molecule has 1 atom stereocenters. The normalized spacial score (nSPS) is 19.3. The fourth-order valence-corrected chi connectivity index (χ4v) is 3.44. The van der Waals surface area contributed by atoms with Crippen molar-refractivity contribution >= 4 is 11.8 Å². The van der Waals surface area contributed by atoms with E-state index in [0.29, 0.717) is 11.6 Å². The maximum Gasteiger partial charge on any atom is 0.416 e. The average molecular weight is 322 g/mol. The van der Waals surface area contributed by atoms with Crippen LogP contribution < -0.4 is 5.73 Å². The lowest BCUT2D eigenvalue weighted by Crippen LogP contribution is -2.35. The Morgan fingerprint density at radius 1 is 1.19 bits per heavy atom. The average Bonchev–Trinajstić information content (AvgIpc) is 2.67. The highest BCUT2D eigenvalue weighted by Gasteiger charge is 2.32. The predicted molar refractivity (Wildman–Crippen MR) is 76.7 cm³/mol. The molecule has 0 radical (unpaired) electrons. The second-order valence-electron chi connectivity index (χ2n) is 5.02. The first-order valence-corrected chi connectivity index (χ1v) is 7.97. The van der Waals surface area contributed by atoms with Crippen molar-refractivity contribution in [2.24, 2.45) is 5.73 Å². The molecule has 2 rings (SSSR count). The Kier molecular flexibility index (Phi) is 5.51. The Hall–Kier alpha value is -0.790. The number of rotatable bonds is 3. The molecular formula is C14H18F4N2S. The fraction of sp³-hybridized carbons (Fsp3) is 0.571. The molecule has 0 spiro atoms. The third-order valence-corrected chi connectivity index (χ3v) is 4.60. The van der Waals surface area contributed by atoms with Gasteiger partial charge in [0.1, 0.15) is 5.82 Å². The summed E-state index contributed by atoms with van der Waals surface area (Å²) in [5.41, 5.74) is 5.09. The molecule has 0 bridgehead atoms. The molecule has 2 nitrogen and oxygen atoms in total. The van der Waals surface area contributed by atoms with E-state index in [1.165, 1.54) is 0 Å². The minimum atomic E-state index is -4.55. The van der Waals surface area contributed by atoms with Crippen LogP contribution in [-0.4, -0.2) is 36.0 Å². The second-order valence-corrected chi connectivity index (χ2v) is 6.25. The number of alkyl halides is 3. The summed E-state index contributed by atoms with van der Waals surface area (Å²) in [5.74, 6) is 1.07. The number of nitrogens with two attached hydrogens (primary N) is 1. The quantitative estimate of drug-likeness (QED) is 0.866. The van der Waals surface area contributed by atoms with Crippen LogP contribution in [0.1, 0.15) is 23.6 Å². The van der Waals surface area contributed by atoms with Gasteiger partial charge < -0.3 is 5.73 Å². The van der Waals surface area contributed by atoms with Gasteiger partial charge in [0.2, 0.25) is 0 Å². The van der Waals surface area contributed by atoms with Crippen LogP contribution >= 0.6 is 11.8 Å². The van der Waals surface area contributed by atoms with Crippen LogP contribution in [0.2, 0.25) is 0 Å². The third kappa shape index (κ3) is 4.34. The molecule has 2 N–H and O–H groups in total. The number of nitrogens with zero attached hydrogens (tertiary/aromatic N) is 1. The van der Waals surface area contributed by atoms with Crippen molar-refractivity contribution in [1.29, 1.82) is 0 Å². The first-order valence-electron chi connectivity index (χ1n) is 6.81. The van der Waals surface area contributed by atoms with Crippen LogP contribution in [0, 0.1) is 5.82 Å². The first-order chi connectivity index (χ1) is 9.91. The van der Waals surface area contributed by atoms with E-state index >= 15 is 0 Å². The SMILES string of the molecule is NCC(c1cc(F)cc(C(F)(F)F)c1)N1CCCSCC1. The minimum absolute atomic E-state index is 0.172. The summed E-state index contributed by atoms with van der Waals surface area (Å²) in [4.78, 5) is 2.05. The van der Waals surface area contributed by atoms with Crippen molar-refractivity contribution in [1.82, 2.24) is 4.90 Å². The topological polar surface area (TPSA) is 29.3 Å². The van der Waals surface area contributed by atoms with Crippen LogP contribution in [0.25, 0.3) is 0 Å². The minimum Gasteiger partial charge on any atom is -0.329 e. The predicted octanol–water partition coefficient (Wildman–Crippen LogP) is 3.28. The second kappa shape index (κ2) is 6.98. The molecule has 0 aliphatic carbocycles. The molecule has 1 aliphatic rings. The summed E-state index contributed by atoms with van der Waals surface area (Å²) in [5, 5.41) is 0. The van der Waals surface area contributed by atoms with Gasteiger partial charge in [-0.2, -0.15) is 24.9 Å². The molecule has 1 aromatic carbocycles. The van der Waals surface area contributed by atoms with Gasteiger partial charge in [0.25, 0.3) is 0 Å². The number of hydrogen-bond donors (Lipinski definition) is 1. The molecule has 0 amide bonds. The van der Waals surface area contributed by atoms with E-state index in [-0.39, 0.29) is 12.6 Å². The summed E-state index contributed by atoms with van der Waals surface area (Å²) in [7, 11) is 0. The monoisotopic (exact) mass is 322 g/mol. The fourth-order valence-electron chi connectivity index (χ4n) is 2.54. The van der Waals surface area contributed by atoms with E-state index in [1.807, 2.05) is 11.8 Å². The van der Waals surface area contributed by atoms with E-state index in [1.54, 1.807) is 0 Å². The summed E-state index contributed by atoms with van der Waals surface area (Å²) < 4.78 is 52.0. The Morgan fingerprint density at radius 3 is 2.62 bits per heavy atom. The van der Waals surface area contributed by atoms with E-state index in [2.05, 4.69) is 4.90 Å². The lowest BCUT2D eigenvalue weighted by molar-refractivity contribution is -0.137.